The summed E-state index contributed by atoms with van der Waals surface area (Å²) in [6.07, 6.45) is 14.0. The van der Waals surface area contributed by atoms with Gasteiger partial charge in [-0.05, 0) is 56.1 Å². The molecule has 104 valence electrons. The van der Waals surface area contributed by atoms with Gasteiger partial charge in [0.25, 0.3) is 0 Å². The molecule has 0 saturated heterocycles. The molecule has 0 aromatic carbocycles. The molecule has 4 rings (SSSR count). The molecule has 3 heteroatoms. The Morgan fingerprint density at radius 2 is 2.05 bits per heavy atom. The third kappa shape index (κ3) is 2.24. The van der Waals surface area contributed by atoms with Gasteiger partial charge in [-0.3, -0.25) is 4.99 Å². The van der Waals surface area contributed by atoms with Crippen molar-refractivity contribution < 1.29 is 0 Å². The molecule has 1 fully saturated rings. The van der Waals surface area contributed by atoms with E-state index in [0.717, 1.165) is 5.92 Å². The first-order valence-electron chi connectivity index (χ1n) is 7.64. The lowest BCUT2D eigenvalue weighted by molar-refractivity contribution is 0.230. The van der Waals surface area contributed by atoms with Crippen LogP contribution in [0.15, 0.2) is 28.0 Å². The Morgan fingerprint density at radius 3 is 3.00 bits per heavy atom. The number of nitrogens with zero attached hydrogens (tertiary/aromatic N) is 2. The van der Waals surface area contributed by atoms with Crippen LogP contribution in [-0.4, -0.2) is 24.2 Å². The van der Waals surface area contributed by atoms with Gasteiger partial charge in [-0.25, -0.2) is 0 Å². The summed E-state index contributed by atoms with van der Waals surface area (Å²) in [4.78, 5) is 7.31. The van der Waals surface area contributed by atoms with E-state index in [1.54, 1.807) is 11.3 Å². The van der Waals surface area contributed by atoms with Crippen LogP contribution in [0.2, 0.25) is 0 Å². The van der Waals surface area contributed by atoms with Crippen LogP contribution in [0.25, 0.3) is 0 Å². The fraction of sp³-hybridized carbons (Fsp3) is 0.688. The second-order valence-electron chi connectivity index (χ2n) is 6.24. The van der Waals surface area contributed by atoms with Crippen LogP contribution in [0.3, 0.4) is 0 Å². The van der Waals surface area contributed by atoms with Crippen molar-refractivity contribution in [3.8, 4) is 0 Å². The van der Waals surface area contributed by atoms with Gasteiger partial charge in [-0.2, -0.15) is 0 Å². The van der Waals surface area contributed by atoms with Gasteiger partial charge in [-0.1, -0.05) is 6.42 Å². The van der Waals surface area contributed by atoms with Gasteiger partial charge in [-0.15, -0.1) is 12.4 Å². The molecular weight excluding hydrogens is 256 g/mol. The second kappa shape index (κ2) is 5.32. The normalized spacial score (nSPS) is 32.8. The lowest BCUT2D eigenvalue weighted by atomic mass is 9.77. The molecule has 2 atom stereocenters. The second-order valence-corrected chi connectivity index (χ2v) is 6.24. The summed E-state index contributed by atoms with van der Waals surface area (Å²) in [5.41, 5.74) is 4.70. The summed E-state index contributed by atoms with van der Waals surface area (Å²) in [5.74, 6) is 1.60. The van der Waals surface area contributed by atoms with Crippen LogP contribution in [0.4, 0.5) is 0 Å². The molecule has 1 aliphatic carbocycles. The Bertz CT molecular complexity index is 450. The Labute approximate surface area is 122 Å². The van der Waals surface area contributed by atoms with Crippen LogP contribution in [0.1, 0.15) is 44.9 Å². The van der Waals surface area contributed by atoms with Crippen molar-refractivity contribution in [2.45, 2.75) is 44.9 Å². The zero-order chi connectivity index (χ0) is 11.9. The molecule has 0 bridgehead atoms. The third-order valence-corrected chi connectivity index (χ3v) is 5.19. The smallest absolute Gasteiger partial charge is 0.0468 e. The molecule has 19 heavy (non-hydrogen) atoms. The summed E-state index contributed by atoms with van der Waals surface area (Å²) < 4.78 is 0. The van der Waals surface area contributed by atoms with Crippen molar-refractivity contribution in [1.29, 1.82) is 0 Å². The number of allylic oxidation sites excluding steroid dienone is 2. The topological polar surface area (TPSA) is 15.6 Å². The molecule has 0 radical (unpaired) electrons. The van der Waals surface area contributed by atoms with Crippen LogP contribution < -0.4 is 0 Å². The molecule has 0 aromatic rings. The summed E-state index contributed by atoms with van der Waals surface area (Å²) in [6.45, 7) is 2.52. The Hall–Kier alpha value is -0.760. The van der Waals surface area contributed by atoms with Gasteiger partial charge in [0.05, 0.1) is 0 Å². The molecule has 2 nitrogen and oxygen atoms in total. The van der Waals surface area contributed by atoms with E-state index in [9.17, 15) is 0 Å². The van der Waals surface area contributed by atoms with Crippen molar-refractivity contribution >= 4 is 18.6 Å². The minimum absolute atomic E-state index is 0. The largest absolute Gasteiger partial charge is 0.371 e. The molecule has 0 N–H and O–H groups in total. The predicted octanol–water partition coefficient (Wildman–Crippen LogP) is 3.94. The number of hydrogen-bond donors (Lipinski definition) is 0. The lowest BCUT2D eigenvalue weighted by Gasteiger charge is -2.43. The maximum absolute atomic E-state index is 4.66. The molecule has 2 unspecified atom stereocenters. The van der Waals surface area contributed by atoms with Crippen molar-refractivity contribution in [2.24, 2.45) is 16.8 Å². The summed E-state index contributed by atoms with van der Waals surface area (Å²) in [5, 5.41) is 0. The zero-order valence-electron chi connectivity index (χ0n) is 11.5. The quantitative estimate of drug-likeness (QED) is 0.655. The van der Waals surface area contributed by atoms with Crippen LogP contribution in [-0.2, 0) is 0 Å². The third-order valence-electron chi connectivity index (χ3n) is 5.19. The van der Waals surface area contributed by atoms with Gasteiger partial charge < -0.3 is 4.90 Å². The van der Waals surface area contributed by atoms with Gasteiger partial charge >= 0.3 is 0 Å². The highest BCUT2D eigenvalue weighted by Gasteiger charge is 2.33. The van der Waals surface area contributed by atoms with E-state index < -0.39 is 0 Å². The van der Waals surface area contributed by atoms with E-state index in [-0.39, 0.29) is 12.4 Å². The van der Waals surface area contributed by atoms with Crippen LogP contribution in [0, 0.1) is 11.8 Å². The zero-order valence-corrected chi connectivity index (χ0v) is 12.3. The van der Waals surface area contributed by atoms with E-state index in [0.29, 0.717) is 5.92 Å². The fourth-order valence-corrected chi connectivity index (χ4v) is 4.19. The van der Waals surface area contributed by atoms with Crippen molar-refractivity contribution in [3.63, 3.8) is 0 Å². The van der Waals surface area contributed by atoms with Gasteiger partial charge in [0.15, 0.2) is 0 Å². The summed E-state index contributed by atoms with van der Waals surface area (Å²) in [6, 6.07) is 0. The molecule has 0 aromatic heterocycles. The fourth-order valence-electron chi connectivity index (χ4n) is 4.19. The highest BCUT2D eigenvalue weighted by atomic mass is 35.5. The Kier molecular flexibility index (Phi) is 3.70. The summed E-state index contributed by atoms with van der Waals surface area (Å²) >= 11 is 0. The predicted molar refractivity (Wildman–Crippen MR) is 81.7 cm³/mol. The molecule has 3 aliphatic heterocycles. The average Bonchev–Trinajstić information content (AvgIpc) is 2.45. The van der Waals surface area contributed by atoms with Crippen molar-refractivity contribution in [2.75, 3.05) is 13.1 Å². The highest BCUT2D eigenvalue weighted by molar-refractivity contribution is 5.85. The van der Waals surface area contributed by atoms with E-state index in [1.807, 2.05) is 0 Å². The lowest BCUT2D eigenvalue weighted by Crippen LogP contribution is -2.40. The minimum atomic E-state index is 0. The van der Waals surface area contributed by atoms with Crippen molar-refractivity contribution in [1.82, 2.24) is 4.90 Å². The monoisotopic (exact) mass is 278 g/mol. The Balaban J connectivity index is 0.00000110. The maximum atomic E-state index is 4.66. The first-order chi connectivity index (χ1) is 8.92. The van der Waals surface area contributed by atoms with E-state index in [4.69, 9.17) is 0 Å². The molecule has 3 heterocycles. The van der Waals surface area contributed by atoms with Gasteiger partial charge in [0, 0.05) is 36.6 Å². The number of rotatable bonds is 0. The summed E-state index contributed by atoms with van der Waals surface area (Å²) in [7, 11) is 0. The van der Waals surface area contributed by atoms with Crippen molar-refractivity contribution in [3.05, 3.63) is 23.0 Å². The molecule has 1 saturated carbocycles. The Morgan fingerprint density at radius 1 is 1.11 bits per heavy atom. The molecule has 0 amide bonds. The van der Waals surface area contributed by atoms with Crippen LogP contribution >= 0.6 is 12.4 Å². The van der Waals surface area contributed by atoms with E-state index in [2.05, 4.69) is 22.2 Å². The first-order valence-corrected chi connectivity index (χ1v) is 7.64. The SMILES string of the molecule is C1=NC2=CC3=C4CCCCC4CCN3CC2CC1.Cl. The van der Waals surface area contributed by atoms with Gasteiger partial charge in [0.2, 0.25) is 0 Å². The molecule has 4 aliphatic rings. The number of halogens is 1. The maximum Gasteiger partial charge on any atom is 0.0468 e. The van der Waals surface area contributed by atoms with E-state index in [1.165, 1.54) is 63.7 Å². The molecular formula is C16H23ClN2. The average molecular weight is 279 g/mol. The number of fused-ring (bicyclic) bond motifs is 3. The standard InChI is InChI=1S/C16H22N2.ClH/c1-2-6-14-12(4-1)7-9-18-11-13-5-3-8-17-15(13)10-16(14)18;/h8,10,12-13H,1-7,9,11H2;1H. The van der Waals surface area contributed by atoms with Gasteiger partial charge in [0.1, 0.15) is 0 Å². The first kappa shape index (κ1) is 13.2. The minimum Gasteiger partial charge on any atom is -0.371 e. The van der Waals surface area contributed by atoms with Crippen LogP contribution in [0.5, 0.6) is 0 Å². The highest BCUT2D eigenvalue weighted by Crippen LogP contribution is 2.42. The number of hydrogen-bond acceptors (Lipinski definition) is 2. The van der Waals surface area contributed by atoms with E-state index >= 15 is 0 Å². The molecule has 0 spiro atoms. The number of aliphatic imine (C=N–C) groups is 1.